The molecule has 2 aromatic rings. The Bertz CT molecular complexity index is 1110. The number of ether oxygens (including phenoxy) is 1. The number of nitrogens with one attached hydrogen (secondary N) is 2. The molecule has 0 heterocycles. The molecule has 3 amide bonds. The fourth-order valence-electron chi connectivity index (χ4n) is 4.55. The monoisotopic (exact) mass is 551 g/mol. The molecule has 2 unspecified atom stereocenters. The molecule has 2 aromatic carbocycles. The van der Waals surface area contributed by atoms with Gasteiger partial charge in [-0.3, -0.25) is 9.59 Å². The van der Waals surface area contributed by atoms with Crippen LogP contribution in [-0.2, 0) is 20.7 Å². The highest BCUT2D eigenvalue weighted by molar-refractivity contribution is 5.93. The molecule has 0 saturated carbocycles. The van der Waals surface area contributed by atoms with Crippen LogP contribution in [0.25, 0.3) is 0 Å². The van der Waals surface area contributed by atoms with Crippen molar-refractivity contribution < 1.29 is 19.1 Å². The fraction of sp³-hybridized carbons (Fsp3) is 0.545. The van der Waals surface area contributed by atoms with E-state index in [1.807, 2.05) is 82.3 Å². The molecule has 0 bridgehead atoms. The van der Waals surface area contributed by atoms with Gasteiger partial charge in [0.1, 0.15) is 17.7 Å². The number of rotatable bonds is 13. The second-order valence-corrected chi connectivity index (χ2v) is 12.1. The molecule has 2 atom stereocenters. The van der Waals surface area contributed by atoms with Gasteiger partial charge >= 0.3 is 6.09 Å². The number of aryl methyl sites for hydroxylation is 1. The molecule has 40 heavy (non-hydrogen) atoms. The number of nitrogens with zero attached hydrogens (tertiary/aromatic N) is 1. The Balaban J connectivity index is 2.60. The average molecular weight is 552 g/mol. The van der Waals surface area contributed by atoms with Crippen molar-refractivity contribution in [3.05, 3.63) is 71.3 Å². The summed E-state index contributed by atoms with van der Waals surface area (Å²) in [5.74, 6) is -0.566. The summed E-state index contributed by atoms with van der Waals surface area (Å²) in [6.45, 7) is 15.9. The van der Waals surface area contributed by atoms with E-state index in [0.29, 0.717) is 13.0 Å². The predicted octanol–water partition coefficient (Wildman–Crippen LogP) is 6.50. The van der Waals surface area contributed by atoms with Crippen molar-refractivity contribution in [1.82, 2.24) is 15.5 Å². The van der Waals surface area contributed by atoms with Crippen molar-refractivity contribution >= 4 is 17.9 Å². The lowest BCUT2D eigenvalue weighted by atomic mass is 9.90. The Morgan fingerprint density at radius 1 is 0.925 bits per heavy atom. The first-order valence-corrected chi connectivity index (χ1v) is 14.5. The highest BCUT2D eigenvalue weighted by Crippen LogP contribution is 2.33. The zero-order valence-electron chi connectivity index (χ0n) is 25.7. The van der Waals surface area contributed by atoms with Crippen LogP contribution < -0.4 is 10.6 Å². The third kappa shape index (κ3) is 10.00. The topological polar surface area (TPSA) is 87.7 Å². The van der Waals surface area contributed by atoms with Gasteiger partial charge in [0.2, 0.25) is 11.8 Å². The van der Waals surface area contributed by atoms with E-state index >= 15 is 0 Å². The van der Waals surface area contributed by atoms with Crippen LogP contribution in [0.15, 0.2) is 54.6 Å². The first-order chi connectivity index (χ1) is 18.8. The van der Waals surface area contributed by atoms with Crippen LogP contribution in [0.3, 0.4) is 0 Å². The van der Waals surface area contributed by atoms with Crippen molar-refractivity contribution in [2.75, 3.05) is 6.54 Å². The maximum atomic E-state index is 14.6. The van der Waals surface area contributed by atoms with Crippen LogP contribution in [0.5, 0.6) is 0 Å². The van der Waals surface area contributed by atoms with E-state index in [1.165, 1.54) is 0 Å². The van der Waals surface area contributed by atoms with Gasteiger partial charge in [-0.2, -0.15) is 0 Å². The molecule has 0 fully saturated rings. The fourth-order valence-corrected chi connectivity index (χ4v) is 4.55. The van der Waals surface area contributed by atoms with Crippen molar-refractivity contribution in [3.63, 3.8) is 0 Å². The minimum atomic E-state index is -0.941. The number of carbonyl (C=O) groups excluding carboxylic acids is 3. The minimum Gasteiger partial charge on any atom is -0.444 e. The summed E-state index contributed by atoms with van der Waals surface area (Å²) in [5.41, 5.74) is 1.20. The summed E-state index contributed by atoms with van der Waals surface area (Å²) in [7, 11) is 0. The standard InChI is InChI=1S/C33H49N3O4/c1-9-11-15-21-34-29(37)28(26-20-16-17-24(3)22-26)36(33(7,8)10-2)30(38)27(23-25-18-13-12-14-19-25)35-31(39)40-32(4,5)6/h12-14,16-20,22,27-28H,9-11,15,21,23H2,1-8H3,(H,34,37)(H,35,39). The zero-order valence-corrected chi connectivity index (χ0v) is 25.7. The summed E-state index contributed by atoms with van der Waals surface area (Å²) in [6, 6.07) is 15.5. The van der Waals surface area contributed by atoms with E-state index in [9.17, 15) is 14.4 Å². The predicted molar refractivity (Wildman–Crippen MR) is 161 cm³/mol. The number of amides is 3. The SMILES string of the molecule is CCCCCNC(=O)C(c1cccc(C)c1)N(C(=O)C(Cc1ccccc1)NC(=O)OC(C)(C)C)C(C)(C)CC. The van der Waals surface area contributed by atoms with Crippen LogP contribution in [0.2, 0.25) is 0 Å². The van der Waals surface area contributed by atoms with Crippen molar-refractivity contribution in [2.24, 2.45) is 0 Å². The molecule has 7 nitrogen and oxygen atoms in total. The van der Waals surface area contributed by atoms with E-state index in [4.69, 9.17) is 4.74 Å². The lowest BCUT2D eigenvalue weighted by Crippen LogP contribution is -2.60. The third-order valence-corrected chi connectivity index (χ3v) is 6.97. The quantitative estimate of drug-likeness (QED) is 0.278. The number of unbranched alkanes of at least 4 members (excludes halogenated alkanes) is 2. The van der Waals surface area contributed by atoms with Gasteiger partial charge in [0.25, 0.3) is 0 Å². The number of alkyl carbamates (subject to hydrolysis) is 1. The Hall–Kier alpha value is -3.35. The summed E-state index contributed by atoms with van der Waals surface area (Å²) in [6.07, 6.45) is 3.11. The smallest absolute Gasteiger partial charge is 0.408 e. The Morgan fingerprint density at radius 2 is 1.60 bits per heavy atom. The summed E-state index contributed by atoms with van der Waals surface area (Å²) >= 11 is 0. The van der Waals surface area contributed by atoms with Gasteiger partial charge in [0, 0.05) is 18.5 Å². The highest BCUT2D eigenvalue weighted by Gasteiger charge is 2.43. The van der Waals surface area contributed by atoms with E-state index in [-0.39, 0.29) is 18.2 Å². The number of benzene rings is 2. The normalized spacial score (nSPS) is 13.2. The van der Waals surface area contributed by atoms with E-state index < -0.39 is 29.3 Å². The van der Waals surface area contributed by atoms with E-state index in [2.05, 4.69) is 17.6 Å². The number of hydrogen-bond acceptors (Lipinski definition) is 4. The highest BCUT2D eigenvalue weighted by atomic mass is 16.6. The van der Waals surface area contributed by atoms with Gasteiger partial charge in [-0.1, -0.05) is 86.8 Å². The van der Waals surface area contributed by atoms with Gasteiger partial charge < -0.3 is 20.3 Å². The summed E-state index contributed by atoms with van der Waals surface area (Å²) in [5, 5.41) is 5.91. The van der Waals surface area contributed by atoms with E-state index in [0.717, 1.165) is 36.0 Å². The molecule has 0 spiro atoms. The van der Waals surface area contributed by atoms with Crippen LogP contribution in [0.1, 0.15) is 96.9 Å². The van der Waals surface area contributed by atoms with Crippen LogP contribution in [0.4, 0.5) is 4.79 Å². The van der Waals surface area contributed by atoms with Gasteiger partial charge in [0.15, 0.2) is 0 Å². The molecule has 7 heteroatoms. The van der Waals surface area contributed by atoms with Gasteiger partial charge in [-0.25, -0.2) is 4.79 Å². The lowest BCUT2D eigenvalue weighted by molar-refractivity contribution is -0.149. The molecule has 0 saturated heterocycles. The van der Waals surface area contributed by atoms with E-state index in [1.54, 1.807) is 25.7 Å². The Labute approximate surface area is 241 Å². The van der Waals surface area contributed by atoms with Crippen LogP contribution in [0, 0.1) is 6.92 Å². The minimum absolute atomic E-state index is 0.229. The Morgan fingerprint density at radius 3 is 2.17 bits per heavy atom. The largest absolute Gasteiger partial charge is 0.444 e. The molecule has 0 aliphatic carbocycles. The molecule has 2 rings (SSSR count). The molecule has 0 radical (unpaired) electrons. The molecular weight excluding hydrogens is 502 g/mol. The number of hydrogen-bond donors (Lipinski definition) is 2. The van der Waals surface area contributed by atoms with Crippen LogP contribution >= 0.6 is 0 Å². The second kappa shape index (κ2) is 14.9. The molecule has 220 valence electrons. The molecule has 0 aliphatic heterocycles. The molecule has 0 aromatic heterocycles. The molecular formula is C33H49N3O4. The summed E-state index contributed by atoms with van der Waals surface area (Å²) in [4.78, 5) is 43.1. The van der Waals surface area contributed by atoms with Gasteiger partial charge in [-0.05, 0) is 65.5 Å². The third-order valence-electron chi connectivity index (χ3n) is 6.97. The van der Waals surface area contributed by atoms with Gasteiger partial charge in [-0.15, -0.1) is 0 Å². The maximum absolute atomic E-state index is 14.6. The molecule has 0 aliphatic rings. The Kier molecular flexibility index (Phi) is 12.2. The zero-order chi connectivity index (χ0) is 29.9. The van der Waals surface area contributed by atoms with Crippen molar-refractivity contribution in [2.45, 2.75) is 111 Å². The first kappa shape index (κ1) is 32.9. The van der Waals surface area contributed by atoms with Crippen molar-refractivity contribution in [3.8, 4) is 0 Å². The van der Waals surface area contributed by atoms with Gasteiger partial charge in [0.05, 0.1) is 0 Å². The summed E-state index contributed by atoms with van der Waals surface area (Å²) < 4.78 is 5.53. The average Bonchev–Trinajstić information content (AvgIpc) is 2.88. The first-order valence-electron chi connectivity index (χ1n) is 14.5. The number of carbonyl (C=O) groups is 3. The maximum Gasteiger partial charge on any atom is 0.408 e. The van der Waals surface area contributed by atoms with Crippen molar-refractivity contribution in [1.29, 1.82) is 0 Å². The second-order valence-electron chi connectivity index (χ2n) is 12.1. The van der Waals surface area contributed by atoms with Crippen LogP contribution in [-0.4, -0.2) is 46.5 Å². The molecule has 2 N–H and O–H groups in total. The lowest BCUT2D eigenvalue weighted by Gasteiger charge is -2.44.